The van der Waals surface area contributed by atoms with Gasteiger partial charge < -0.3 is 24.3 Å². The number of piperidine rings is 1. The number of halogens is 1. The van der Waals surface area contributed by atoms with E-state index in [1.54, 1.807) is 0 Å². The summed E-state index contributed by atoms with van der Waals surface area (Å²) in [7, 11) is 0. The maximum absolute atomic E-state index is 12.3. The zero-order valence-electron chi connectivity index (χ0n) is 16.1. The Bertz CT molecular complexity index is 697. The molecule has 1 saturated carbocycles. The number of likely N-dealkylation sites (tertiary alicyclic amines) is 1. The summed E-state index contributed by atoms with van der Waals surface area (Å²) in [5.74, 6) is 1.37. The van der Waals surface area contributed by atoms with Crippen LogP contribution in [0.15, 0.2) is 16.5 Å². The van der Waals surface area contributed by atoms with Crippen LogP contribution in [0.2, 0.25) is 5.22 Å². The molecule has 1 atom stereocenters. The summed E-state index contributed by atoms with van der Waals surface area (Å²) in [6.45, 7) is 5.26. The highest BCUT2D eigenvalue weighted by Crippen LogP contribution is 2.31. The van der Waals surface area contributed by atoms with Gasteiger partial charge in [-0.2, -0.15) is 0 Å². The van der Waals surface area contributed by atoms with Gasteiger partial charge in [-0.15, -0.1) is 0 Å². The molecule has 3 heterocycles. The number of carbonyl (C=O) groups is 2. The molecule has 3 fully saturated rings. The minimum Gasteiger partial charge on any atom is -0.440 e. The van der Waals surface area contributed by atoms with Gasteiger partial charge in [-0.05, 0) is 74.3 Å². The van der Waals surface area contributed by atoms with E-state index >= 15 is 0 Å². The van der Waals surface area contributed by atoms with Crippen molar-refractivity contribution in [3.05, 3.63) is 23.1 Å². The summed E-state index contributed by atoms with van der Waals surface area (Å²) in [5.41, 5.74) is 0. The Labute approximate surface area is 170 Å². The first-order chi connectivity index (χ1) is 13.6. The molecule has 1 aromatic heterocycles. The van der Waals surface area contributed by atoms with Crippen LogP contribution >= 0.6 is 11.6 Å². The molecule has 7 nitrogen and oxygen atoms in total. The van der Waals surface area contributed by atoms with E-state index in [1.165, 1.54) is 31.5 Å². The lowest BCUT2D eigenvalue weighted by Gasteiger charge is -2.38. The van der Waals surface area contributed by atoms with Crippen molar-refractivity contribution >= 4 is 23.4 Å². The maximum atomic E-state index is 12.3. The second-order valence-corrected chi connectivity index (χ2v) is 8.61. The molecule has 1 aliphatic carbocycles. The van der Waals surface area contributed by atoms with Gasteiger partial charge in [0.05, 0.1) is 6.10 Å². The summed E-state index contributed by atoms with van der Waals surface area (Å²) < 4.78 is 10.7. The van der Waals surface area contributed by atoms with Crippen LogP contribution in [0.5, 0.6) is 0 Å². The first-order valence-corrected chi connectivity index (χ1v) is 10.6. The molecule has 0 unspecified atom stereocenters. The van der Waals surface area contributed by atoms with E-state index in [0.29, 0.717) is 19.0 Å². The highest BCUT2D eigenvalue weighted by Gasteiger charge is 2.31. The summed E-state index contributed by atoms with van der Waals surface area (Å²) in [6, 6.07) is 3.06. The van der Waals surface area contributed by atoms with Gasteiger partial charge in [-0.3, -0.25) is 9.59 Å². The first-order valence-electron chi connectivity index (χ1n) is 10.2. The van der Waals surface area contributed by atoms with Gasteiger partial charge in [-0.25, -0.2) is 0 Å². The molecule has 1 N–H and O–H groups in total. The molecule has 154 valence electrons. The normalized spacial score (nSPS) is 24.5. The highest BCUT2D eigenvalue weighted by atomic mass is 35.5. The van der Waals surface area contributed by atoms with Gasteiger partial charge in [0.1, 0.15) is 6.61 Å². The summed E-state index contributed by atoms with van der Waals surface area (Å²) in [4.78, 5) is 28.8. The van der Waals surface area contributed by atoms with Crippen LogP contribution < -0.4 is 5.32 Å². The molecule has 0 aromatic carbocycles. The van der Waals surface area contributed by atoms with Crippen molar-refractivity contribution in [3.8, 4) is 0 Å². The van der Waals surface area contributed by atoms with E-state index < -0.39 is 0 Å². The lowest BCUT2D eigenvalue weighted by atomic mass is 9.95. The van der Waals surface area contributed by atoms with Crippen molar-refractivity contribution in [2.24, 2.45) is 11.8 Å². The molecule has 2 amide bonds. The Morgan fingerprint density at radius 1 is 1.14 bits per heavy atom. The minimum atomic E-state index is -0.331. The predicted molar refractivity (Wildman–Crippen MR) is 104 cm³/mol. The van der Waals surface area contributed by atoms with Crippen LogP contribution in [0.1, 0.15) is 36.2 Å². The fourth-order valence-corrected chi connectivity index (χ4v) is 4.19. The number of hydrogen-bond donors (Lipinski definition) is 1. The lowest BCUT2D eigenvalue weighted by Crippen LogP contribution is -2.52. The fourth-order valence-electron chi connectivity index (χ4n) is 4.04. The number of nitrogens with zero attached hydrogens (tertiary/aromatic N) is 2. The summed E-state index contributed by atoms with van der Waals surface area (Å²) in [5, 5.41) is 2.97. The van der Waals surface area contributed by atoms with Gasteiger partial charge >= 0.3 is 0 Å². The molecule has 8 heteroatoms. The van der Waals surface area contributed by atoms with Gasteiger partial charge in [0.15, 0.2) is 11.0 Å². The average Bonchev–Trinajstić information content (AvgIpc) is 3.40. The van der Waals surface area contributed by atoms with Gasteiger partial charge in [0.25, 0.3) is 5.91 Å². The summed E-state index contributed by atoms with van der Waals surface area (Å²) in [6.07, 6.45) is 4.89. The second kappa shape index (κ2) is 8.84. The molecule has 2 aliphatic heterocycles. The van der Waals surface area contributed by atoms with E-state index in [-0.39, 0.29) is 35.5 Å². The van der Waals surface area contributed by atoms with E-state index in [2.05, 4.69) is 10.2 Å². The number of carbonyl (C=O) groups excluding carboxylic acids is 2. The van der Waals surface area contributed by atoms with Crippen LogP contribution in [0.4, 0.5) is 0 Å². The van der Waals surface area contributed by atoms with Crippen LogP contribution in [-0.2, 0) is 9.53 Å². The lowest BCUT2D eigenvalue weighted by molar-refractivity contribution is -0.149. The number of rotatable bonds is 7. The van der Waals surface area contributed by atoms with E-state index in [1.807, 2.05) is 4.90 Å². The number of ether oxygens (including phenoxy) is 1. The number of nitrogens with one attached hydrogen (secondary N) is 1. The third-order valence-electron chi connectivity index (χ3n) is 5.91. The standard InChI is InChI=1S/C20H28ClN3O4/c21-18-4-3-17(28-18)20(26)22-9-16-12-24(19(25)13-27-16)11-15-5-7-23(8-6-15)10-14-1-2-14/h3-4,14-16H,1-2,5-13H2,(H,22,26)/t16-/m1/s1. The Kier molecular flexibility index (Phi) is 6.23. The Morgan fingerprint density at radius 2 is 1.89 bits per heavy atom. The largest absolute Gasteiger partial charge is 0.440 e. The predicted octanol–water partition coefficient (Wildman–Crippen LogP) is 2.01. The van der Waals surface area contributed by atoms with Crippen LogP contribution in [0.25, 0.3) is 0 Å². The fraction of sp³-hybridized carbons (Fsp3) is 0.700. The smallest absolute Gasteiger partial charge is 0.287 e. The Balaban J connectivity index is 1.21. The van der Waals surface area contributed by atoms with Gasteiger partial charge in [0, 0.05) is 26.2 Å². The Morgan fingerprint density at radius 3 is 2.57 bits per heavy atom. The molecule has 0 radical (unpaired) electrons. The molecule has 0 bridgehead atoms. The quantitative estimate of drug-likeness (QED) is 0.745. The van der Waals surface area contributed by atoms with Crippen molar-refractivity contribution < 1.29 is 18.7 Å². The Hall–Kier alpha value is -1.57. The molecule has 4 rings (SSSR count). The third kappa shape index (κ3) is 5.27. The van der Waals surface area contributed by atoms with Crippen molar-refractivity contribution in [2.45, 2.75) is 31.8 Å². The SMILES string of the molecule is O=C(NC[C@@H]1CN(CC2CCN(CC3CC3)CC2)C(=O)CO1)c1ccc(Cl)o1. The van der Waals surface area contributed by atoms with E-state index in [9.17, 15) is 9.59 Å². The summed E-state index contributed by atoms with van der Waals surface area (Å²) >= 11 is 5.70. The molecule has 3 aliphatic rings. The second-order valence-electron chi connectivity index (χ2n) is 8.23. The number of hydrogen-bond acceptors (Lipinski definition) is 5. The maximum Gasteiger partial charge on any atom is 0.287 e. The molecule has 0 spiro atoms. The monoisotopic (exact) mass is 409 g/mol. The minimum absolute atomic E-state index is 0.0424. The molecule has 2 saturated heterocycles. The van der Waals surface area contributed by atoms with Crippen LogP contribution in [0, 0.1) is 11.8 Å². The zero-order valence-corrected chi connectivity index (χ0v) is 16.8. The number of furan rings is 1. The number of amides is 2. The highest BCUT2D eigenvalue weighted by molar-refractivity contribution is 6.29. The van der Waals surface area contributed by atoms with E-state index in [0.717, 1.165) is 38.4 Å². The van der Waals surface area contributed by atoms with Crippen molar-refractivity contribution in [3.63, 3.8) is 0 Å². The average molecular weight is 410 g/mol. The van der Waals surface area contributed by atoms with Crippen molar-refractivity contribution in [2.75, 3.05) is 45.9 Å². The van der Waals surface area contributed by atoms with Crippen LogP contribution in [-0.4, -0.2) is 73.6 Å². The topological polar surface area (TPSA) is 75.0 Å². The molecular formula is C20H28ClN3O4. The van der Waals surface area contributed by atoms with E-state index in [4.69, 9.17) is 20.8 Å². The first kappa shape index (κ1) is 19.7. The van der Waals surface area contributed by atoms with Gasteiger partial charge in [-0.1, -0.05) is 0 Å². The van der Waals surface area contributed by atoms with Crippen molar-refractivity contribution in [1.82, 2.24) is 15.1 Å². The van der Waals surface area contributed by atoms with Gasteiger partial charge in [0.2, 0.25) is 5.91 Å². The third-order valence-corrected chi connectivity index (χ3v) is 6.11. The molecule has 28 heavy (non-hydrogen) atoms. The molecular weight excluding hydrogens is 382 g/mol. The van der Waals surface area contributed by atoms with Crippen molar-refractivity contribution in [1.29, 1.82) is 0 Å². The zero-order chi connectivity index (χ0) is 19.5. The molecule has 1 aromatic rings. The number of morpholine rings is 1. The van der Waals surface area contributed by atoms with Crippen LogP contribution in [0.3, 0.4) is 0 Å².